The van der Waals surface area contributed by atoms with Crippen LogP contribution in [0.2, 0.25) is 5.15 Å². The molecule has 114 valence electrons. The number of benzene rings is 1. The van der Waals surface area contributed by atoms with Crippen molar-refractivity contribution in [1.82, 2.24) is 9.97 Å². The van der Waals surface area contributed by atoms with Crippen molar-refractivity contribution in [3.05, 3.63) is 52.8 Å². The van der Waals surface area contributed by atoms with E-state index in [-0.39, 0.29) is 0 Å². The van der Waals surface area contributed by atoms with Gasteiger partial charge in [0.15, 0.2) is 0 Å². The highest BCUT2D eigenvalue weighted by Gasteiger charge is 2.17. The predicted molar refractivity (Wildman–Crippen MR) is 84.7 cm³/mol. The largest absolute Gasteiger partial charge is 0.497 e. The van der Waals surface area contributed by atoms with Gasteiger partial charge < -0.3 is 19.6 Å². The number of hydrogen-bond acceptors (Lipinski definition) is 4. The molecule has 2 N–H and O–H groups in total. The van der Waals surface area contributed by atoms with Crippen molar-refractivity contribution in [3.63, 3.8) is 0 Å². The third-order valence-corrected chi connectivity index (χ3v) is 3.73. The number of halogens is 1. The minimum atomic E-state index is -0.833. The van der Waals surface area contributed by atoms with Crippen LogP contribution >= 0.6 is 11.6 Å². The van der Waals surface area contributed by atoms with Gasteiger partial charge in [0.2, 0.25) is 0 Å². The molecule has 0 spiro atoms. The molecule has 0 saturated carbocycles. The van der Waals surface area contributed by atoms with Crippen LogP contribution in [0, 0.1) is 0 Å². The van der Waals surface area contributed by atoms with Crippen LogP contribution in [-0.4, -0.2) is 29.3 Å². The van der Waals surface area contributed by atoms with Crippen LogP contribution in [0.15, 0.2) is 36.5 Å². The number of H-pyrrole nitrogens is 1. The number of nitrogens with zero attached hydrogens (tertiary/aromatic N) is 1. The first kappa shape index (κ1) is 14.7. The van der Waals surface area contributed by atoms with Gasteiger partial charge in [-0.2, -0.15) is 0 Å². The first-order chi connectivity index (χ1) is 10.6. The molecule has 0 aliphatic carbocycles. The lowest BCUT2D eigenvalue weighted by molar-refractivity contribution is 0.220. The number of nitrogens with one attached hydrogen (secondary N) is 1. The summed E-state index contributed by atoms with van der Waals surface area (Å²) in [4.78, 5) is 7.21. The van der Waals surface area contributed by atoms with E-state index in [2.05, 4.69) is 9.97 Å². The van der Waals surface area contributed by atoms with Crippen molar-refractivity contribution < 1.29 is 14.6 Å². The molecule has 1 aromatic carbocycles. The number of aromatic nitrogens is 2. The first-order valence-electron chi connectivity index (χ1n) is 6.67. The van der Waals surface area contributed by atoms with Crippen molar-refractivity contribution in [3.8, 4) is 11.5 Å². The van der Waals surface area contributed by atoms with Gasteiger partial charge in [-0.1, -0.05) is 11.6 Å². The zero-order valence-corrected chi connectivity index (χ0v) is 12.9. The van der Waals surface area contributed by atoms with Gasteiger partial charge in [-0.3, -0.25) is 0 Å². The molecule has 0 bridgehead atoms. The molecule has 0 amide bonds. The van der Waals surface area contributed by atoms with Crippen LogP contribution in [0.3, 0.4) is 0 Å². The molecular weight excluding hydrogens is 304 g/mol. The molecular formula is C16H15ClN2O3. The van der Waals surface area contributed by atoms with E-state index in [1.807, 2.05) is 6.07 Å². The molecule has 0 fully saturated rings. The average molecular weight is 319 g/mol. The Balaban J connectivity index is 2.07. The summed E-state index contributed by atoms with van der Waals surface area (Å²) in [5, 5.41) is 11.9. The molecule has 0 saturated heterocycles. The zero-order valence-electron chi connectivity index (χ0n) is 12.1. The van der Waals surface area contributed by atoms with Crippen molar-refractivity contribution >= 4 is 22.6 Å². The van der Waals surface area contributed by atoms with E-state index < -0.39 is 6.10 Å². The molecule has 0 aliphatic rings. The molecule has 22 heavy (non-hydrogen) atoms. The van der Waals surface area contributed by atoms with E-state index >= 15 is 0 Å². The first-order valence-corrected chi connectivity index (χ1v) is 7.04. The van der Waals surface area contributed by atoms with E-state index in [1.54, 1.807) is 44.7 Å². The van der Waals surface area contributed by atoms with Gasteiger partial charge >= 0.3 is 0 Å². The fraction of sp³-hybridized carbons (Fsp3) is 0.188. The minimum absolute atomic E-state index is 0.401. The Bertz CT molecular complexity index is 794. The summed E-state index contributed by atoms with van der Waals surface area (Å²) in [6.07, 6.45) is 0.894. The summed E-state index contributed by atoms with van der Waals surface area (Å²) in [6, 6.07) is 8.83. The number of pyridine rings is 1. The second-order valence-corrected chi connectivity index (χ2v) is 5.21. The van der Waals surface area contributed by atoms with Crippen LogP contribution < -0.4 is 9.47 Å². The summed E-state index contributed by atoms with van der Waals surface area (Å²) in [5.41, 5.74) is 2.03. The lowest BCUT2D eigenvalue weighted by Crippen LogP contribution is -2.00. The molecule has 1 unspecified atom stereocenters. The quantitative estimate of drug-likeness (QED) is 0.724. The van der Waals surface area contributed by atoms with Crippen molar-refractivity contribution in [1.29, 1.82) is 0 Å². The number of methoxy groups -OCH3 is 2. The smallest absolute Gasteiger partial charge is 0.139 e. The van der Waals surface area contributed by atoms with Gasteiger partial charge in [0.1, 0.15) is 28.4 Å². The van der Waals surface area contributed by atoms with E-state index in [0.29, 0.717) is 27.9 Å². The van der Waals surface area contributed by atoms with E-state index in [9.17, 15) is 5.11 Å². The molecule has 2 aromatic heterocycles. The van der Waals surface area contributed by atoms with Crippen LogP contribution in [0.1, 0.15) is 17.2 Å². The van der Waals surface area contributed by atoms with Crippen LogP contribution in [0.5, 0.6) is 11.5 Å². The highest BCUT2D eigenvalue weighted by Crippen LogP contribution is 2.33. The van der Waals surface area contributed by atoms with Crippen molar-refractivity contribution in [2.24, 2.45) is 0 Å². The summed E-state index contributed by atoms with van der Waals surface area (Å²) in [5.74, 6) is 1.24. The second kappa shape index (κ2) is 5.87. The molecule has 1 atom stereocenters. The lowest BCUT2D eigenvalue weighted by atomic mass is 10.0. The molecule has 0 aliphatic heterocycles. The maximum atomic E-state index is 10.7. The third kappa shape index (κ3) is 2.61. The van der Waals surface area contributed by atoms with Crippen LogP contribution in [0.4, 0.5) is 0 Å². The molecule has 3 aromatic rings. The fourth-order valence-electron chi connectivity index (χ4n) is 2.40. The molecule has 0 radical (unpaired) electrons. The molecule has 5 nitrogen and oxygen atoms in total. The Labute approximate surface area is 132 Å². The molecule has 6 heteroatoms. The molecule has 2 heterocycles. The SMILES string of the molecule is COc1cc(OC)cc(C(O)c2c[nH]c3nc(Cl)ccc23)c1. The summed E-state index contributed by atoms with van der Waals surface area (Å²) >= 11 is 5.88. The topological polar surface area (TPSA) is 67.4 Å². The Hall–Kier alpha value is -2.24. The van der Waals surface area contributed by atoms with Crippen LogP contribution in [0.25, 0.3) is 11.0 Å². The second-order valence-electron chi connectivity index (χ2n) is 4.82. The maximum Gasteiger partial charge on any atom is 0.139 e. The Morgan fingerprint density at radius 1 is 1.14 bits per heavy atom. The minimum Gasteiger partial charge on any atom is -0.497 e. The normalized spacial score (nSPS) is 12.4. The van der Waals surface area contributed by atoms with E-state index in [0.717, 1.165) is 10.9 Å². The number of aliphatic hydroxyl groups is 1. The highest BCUT2D eigenvalue weighted by atomic mass is 35.5. The summed E-state index contributed by atoms with van der Waals surface area (Å²) in [6.45, 7) is 0. The Morgan fingerprint density at radius 3 is 2.45 bits per heavy atom. The van der Waals surface area contributed by atoms with E-state index in [4.69, 9.17) is 21.1 Å². The van der Waals surface area contributed by atoms with Gasteiger partial charge in [0.25, 0.3) is 0 Å². The Morgan fingerprint density at radius 2 is 1.82 bits per heavy atom. The third-order valence-electron chi connectivity index (χ3n) is 3.52. The van der Waals surface area contributed by atoms with Crippen molar-refractivity contribution in [2.75, 3.05) is 14.2 Å². The van der Waals surface area contributed by atoms with Gasteiger partial charge in [0, 0.05) is 23.2 Å². The van der Waals surface area contributed by atoms with Gasteiger partial charge in [-0.25, -0.2) is 4.98 Å². The number of aliphatic hydroxyl groups excluding tert-OH is 1. The van der Waals surface area contributed by atoms with Crippen LogP contribution in [-0.2, 0) is 0 Å². The zero-order chi connectivity index (χ0) is 15.7. The fourth-order valence-corrected chi connectivity index (χ4v) is 2.54. The van der Waals surface area contributed by atoms with Gasteiger partial charge in [-0.05, 0) is 29.8 Å². The number of hydrogen-bond donors (Lipinski definition) is 2. The van der Waals surface area contributed by atoms with E-state index in [1.165, 1.54) is 0 Å². The number of aromatic amines is 1. The predicted octanol–water partition coefficient (Wildman–Crippen LogP) is 3.32. The van der Waals surface area contributed by atoms with Gasteiger partial charge in [0.05, 0.1) is 14.2 Å². The number of ether oxygens (including phenoxy) is 2. The summed E-state index contributed by atoms with van der Waals surface area (Å²) < 4.78 is 10.5. The van der Waals surface area contributed by atoms with Gasteiger partial charge in [-0.15, -0.1) is 0 Å². The highest BCUT2D eigenvalue weighted by molar-refractivity contribution is 6.29. The number of fused-ring (bicyclic) bond motifs is 1. The van der Waals surface area contributed by atoms with Crippen molar-refractivity contribution in [2.45, 2.75) is 6.10 Å². The maximum absolute atomic E-state index is 10.7. The monoisotopic (exact) mass is 318 g/mol. The number of rotatable bonds is 4. The Kier molecular flexibility index (Phi) is 3.92. The lowest BCUT2D eigenvalue weighted by Gasteiger charge is -2.13. The molecule has 3 rings (SSSR count). The standard InChI is InChI=1S/C16H15ClN2O3/c1-21-10-5-9(6-11(7-10)22-2)15(20)13-8-18-16-12(13)3-4-14(17)19-16/h3-8,15,20H,1-2H3,(H,18,19). The summed E-state index contributed by atoms with van der Waals surface area (Å²) in [7, 11) is 3.14. The average Bonchev–Trinajstić information content (AvgIpc) is 2.96.